The fourth-order valence-electron chi connectivity index (χ4n) is 3.95. The highest BCUT2D eigenvalue weighted by molar-refractivity contribution is 4.91. The van der Waals surface area contributed by atoms with E-state index in [1.54, 1.807) is 0 Å². The standard InChI is InChI=1S/C19H38N2/c1-17(18-11-12-18)15-21-19(16-20)13-9-7-5-3-2-4-6-8-10-14-19/h17-18,21H,2-16,20H2,1H3. The molecule has 0 heterocycles. The van der Waals surface area contributed by atoms with Crippen LogP contribution in [0.3, 0.4) is 0 Å². The normalized spacial score (nSPS) is 26.6. The lowest BCUT2D eigenvalue weighted by atomic mass is 9.85. The van der Waals surface area contributed by atoms with Crippen LogP contribution >= 0.6 is 0 Å². The van der Waals surface area contributed by atoms with Crippen LogP contribution < -0.4 is 11.1 Å². The highest BCUT2D eigenvalue weighted by atomic mass is 15.0. The van der Waals surface area contributed by atoms with Crippen LogP contribution in [0.5, 0.6) is 0 Å². The molecule has 2 rings (SSSR count). The number of hydrogen-bond acceptors (Lipinski definition) is 2. The first kappa shape index (κ1) is 17.3. The topological polar surface area (TPSA) is 38.0 Å². The highest BCUT2D eigenvalue weighted by Crippen LogP contribution is 2.36. The lowest BCUT2D eigenvalue weighted by Crippen LogP contribution is -2.52. The van der Waals surface area contributed by atoms with Crippen molar-refractivity contribution in [3.8, 4) is 0 Å². The molecule has 3 N–H and O–H groups in total. The van der Waals surface area contributed by atoms with Crippen molar-refractivity contribution >= 4 is 0 Å². The van der Waals surface area contributed by atoms with Crippen molar-refractivity contribution in [1.29, 1.82) is 0 Å². The zero-order valence-corrected chi connectivity index (χ0v) is 14.3. The van der Waals surface area contributed by atoms with Gasteiger partial charge in [0.05, 0.1) is 0 Å². The van der Waals surface area contributed by atoms with Gasteiger partial charge in [0.1, 0.15) is 0 Å². The predicted octanol–water partition coefficient (Wildman–Crippen LogP) is 4.62. The van der Waals surface area contributed by atoms with Crippen molar-refractivity contribution in [1.82, 2.24) is 5.32 Å². The average molecular weight is 295 g/mol. The summed E-state index contributed by atoms with van der Waals surface area (Å²) in [6.07, 6.45) is 18.2. The molecule has 0 saturated heterocycles. The van der Waals surface area contributed by atoms with E-state index in [4.69, 9.17) is 5.73 Å². The molecule has 1 unspecified atom stereocenters. The first-order valence-corrected chi connectivity index (χ1v) is 9.71. The second-order valence-electron chi connectivity index (χ2n) is 7.86. The molecule has 2 nitrogen and oxygen atoms in total. The molecule has 0 radical (unpaired) electrons. The summed E-state index contributed by atoms with van der Waals surface area (Å²) in [5.74, 6) is 1.84. The van der Waals surface area contributed by atoms with Gasteiger partial charge in [-0.05, 0) is 44.1 Å². The van der Waals surface area contributed by atoms with Crippen molar-refractivity contribution in [2.75, 3.05) is 13.1 Å². The van der Waals surface area contributed by atoms with Gasteiger partial charge in [-0.1, -0.05) is 64.7 Å². The zero-order chi connectivity index (χ0) is 15.0. The summed E-state index contributed by atoms with van der Waals surface area (Å²) < 4.78 is 0. The van der Waals surface area contributed by atoms with Crippen LogP contribution in [0.2, 0.25) is 0 Å². The SMILES string of the molecule is CC(CNC1(CN)CCCCCCCCCCC1)C1CC1. The van der Waals surface area contributed by atoms with Gasteiger partial charge in [0.15, 0.2) is 0 Å². The molecule has 2 aliphatic carbocycles. The van der Waals surface area contributed by atoms with Crippen LogP contribution in [-0.4, -0.2) is 18.6 Å². The Kier molecular flexibility index (Phi) is 7.53. The molecule has 2 aliphatic rings. The quantitative estimate of drug-likeness (QED) is 0.776. The molecule has 0 aromatic carbocycles. The molecule has 2 heteroatoms. The molecule has 1 atom stereocenters. The van der Waals surface area contributed by atoms with Crippen molar-refractivity contribution in [2.24, 2.45) is 17.6 Å². The molecule has 0 bridgehead atoms. The van der Waals surface area contributed by atoms with Crippen molar-refractivity contribution in [2.45, 2.75) is 95.9 Å². The first-order chi connectivity index (χ1) is 10.3. The smallest absolute Gasteiger partial charge is 0.0304 e. The van der Waals surface area contributed by atoms with Crippen LogP contribution in [0.15, 0.2) is 0 Å². The Morgan fingerprint density at radius 2 is 1.38 bits per heavy atom. The maximum Gasteiger partial charge on any atom is 0.0304 e. The lowest BCUT2D eigenvalue weighted by Gasteiger charge is -2.36. The van der Waals surface area contributed by atoms with E-state index < -0.39 is 0 Å². The van der Waals surface area contributed by atoms with E-state index in [1.165, 1.54) is 90.0 Å². The van der Waals surface area contributed by atoms with Gasteiger partial charge in [-0.3, -0.25) is 0 Å². The fourth-order valence-corrected chi connectivity index (χ4v) is 3.95. The van der Waals surface area contributed by atoms with Gasteiger partial charge < -0.3 is 11.1 Å². The third-order valence-electron chi connectivity index (χ3n) is 5.93. The van der Waals surface area contributed by atoms with Gasteiger partial charge in [-0.2, -0.15) is 0 Å². The van der Waals surface area contributed by atoms with Gasteiger partial charge in [0, 0.05) is 12.1 Å². The summed E-state index contributed by atoms with van der Waals surface area (Å²) in [5, 5.41) is 3.93. The van der Waals surface area contributed by atoms with Gasteiger partial charge in [0.2, 0.25) is 0 Å². The van der Waals surface area contributed by atoms with Crippen molar-refractivity contribution in [3.05, 3.63) is 0 Å². The van der Waals surface area contributed by atoms with Gasteiger partial charge >= 0.3 is 0 Å². The molecule has 0 amide bonds. The van der Waals surface area contributed by atoms with E-state index in [0.717, 1.165) is 18.4 Å². The van der Waals surface area contributed by atoms with Crippen LogP contribution in [0.1, 0.15) is 90.4 Å². The molecule has 2 fully saturated rings. The Bertz CT molecular complexity index is 261. The second kappa shape index (κ2) is 9.15. The molecular formula is C19H38N2. The summed E-state index contributed by atoms with van der Waals surface area (Å²) in [4.78, 5) is 0. The Morgan fingerprint density at radius 3 is 1.81 bits per heavy atom. The van der Waals surface area contributed by atoms with Crippen LogP contribution in [0, 0.1) is 11.8 Å². The molecule has 0 spiro atoms. The van der Waals surface area contributed by atoms with Crippen LogP contribution in [0.25, 0.3) is 0 Å². The molecule has 0 aliphatic heterocycles. The summed E-state index contributed by atoms with van der Waals surface area (Å²) >= 11 is 0. The molecule has 124 valence electrons. The monoisotopic (exact) mass is 294 g/mol. The van der Waals surface area contributed by atoms with E-state index in [-0.39, 0.29) is 5.54 Å². The van der Waals surface area contributed by atoms with E-state index in [0.29, 0.717) is 0 Å². The maximum absolute atomic E-state index is 6.23. The number of nitrogens with one attached hydrogen (secondary N) is 1. The Labute approximate surface area is 132 Å². The summed E-state index contributed by atoms with van der Waals surface area (Å²) in [6.45, 7) is 4.43. The van der Waals surface area contributed by atoms with Crippen LogP contribution in [0.4, 0.5) is 0 Å². The molecule has 21 heavy (non-hydrogen) atoms. The minimum atomic E-state index is 0.238. The van der Waals surface area contributed by atoms with Gasteiger partial charge in [-0.15, -0.1) is 0 Å². The Hall–Kier alpha value is -0.0800. The molecule has 0 aromatic heterocycles. The lowest BCUT2D eigenvalue weighted by molar-refractivity contribution is 0.249. The molecular weight excluding hydrogens is 256 g/mol. The summed E-state index contributed by atoms with van der Waals surface area (Å²) in [5.41, 5.74) is 6.47. The zero-order valence-electron chi connectivity index (χ0n) is 14.3. The van der Waals surface area contributed by atoms with E-state index in [2.05, 4.69) is 12.2 Å². The van der Waals surface area contributed by atoms with Gasteiger partial charge in [0.25, 0.3) is 0 Å². The Balaban J connectivity index is 1.83. The minimum absolute atomic E-state index is 0.238. The number of rotatable bonds is 5. The Morgan fingerprint density at radius 1 is 0.905 bits per heavy atom. The van der Waals surface area contributed by atoms with Gasteiger partial charge in [-0.25, -0.2) is 0 Å². The summed E-state index contributed by atoms with van der Waals surface area (Å²) in [7, 11) is 0. The highest BCUT2D eigenvalue weighted by Gasteiger charge is 2.32. The molecule has 0 aromatic rings. The van der Waals surface area contributed by atoms with Crippen molar-refractivity contribution in [3.63, 3.8) is 0 Å². The van der Waals surface area contributed by atoms with Crippen molar-refractivity contribution < 1.29 is 0 Å². The van der Waals surface area contributed by atoms with E-state index in [9.17, 15) is 0 Å². The maximum atomic E-state index is 6.23. The minimum Gasteiger partial charge on any atom is -0.329 e. The van der Waals surface area contributed by atoms with E-state index >= 15 is 0 Å². The van der Waals surface area contributed by atoms with E-state index in [1.807, 2.05) is 0 Å². The fraction of sp³-hybridized carbons (Fsp3) is 1.00. The summed E-state index contributed by atoms with van der Waals surface area (Å²) in [6, 6.07) is 0. The predicted molar refractivity (Wildman–Crippen MR) is 92.5 cm³/mol. The molecule has 2 saturated carbocycles. The van der Waals surface area contributed by atoms with Crippen LogP contribution in [-0.2, 0) is 0 Å². The average Bonchev–Trinajstić information content (AvgIpc) is 3.32. The number of hydrogen-bond donors (Lipinski definition) is 2. The number of nitrogens with two attached hydrogens (primary N) is 1. The first-order valence-electron chi connectivity index (χ1n) is 9.71. The largest absolute Gasteiger partial charge is 0.329 e. The third-order valence-corrected chi connectivity index (χ3v) is 5.93. The second-order valence-corrected chi connectivity index (χ2v) is 7.86. The third kappa shape index (κ3) is 6.28.